The second-order valence-corrected chi connectivity index (χ2v) is 4.55. The van der Waals surface area contributed by atoms with Crippen LogP contribution in [0.25, 0.3) is 0 Å². The maximum Gasteiger partial charge on any atom is 0.310 e. The lowest BCUT2D eigenvalue weighted by Gasteiger charge is -2.33. The predicted octanol–water partition coefficient (Wildman–Crippen LogP) is 2.09. The van der Waals surface area contributed by atoms with Gasteiger partial charge in [0, 0.05) is 13.1 Å². The maximum absolute atomic E-state index is 13.6. The molecule has 1 aliphatic rings. The minimum atomic E-state index is -0.528. The number of rotatable bonds is 2. The van der Waals surface area contributed by atoms with Crippen molar-refractivity contribution in [2.24, 2.45) is 5.92 Å². The van der Waals surface area contributed by atoms with Crippen molar-refractivity contribution in [3.05, 3.63) is 29.6 Å². The predicted molar refractivity (Wildman–Crippen MR) is 68.1 cm³/mol. The van der Waals surface area contributed by atoms with Crippen LogP contribution in [-0.4, -0.2) is 26.2 Å². The number of piperidine rings is 1. The summed E-state index contributed by atoms with van der Waals surface area (Å²) in [4.78, 5) is 13.5. The van der Waals surface area contributed by atoms with Crippen molar-refractivity contribution < 1.29 is 13.9 Å². The monoisotopic (exact) mass is 262 g/mol. The van der Waals surface area contributed by atoms with Crippen molar-refractivity contribution in [1.82, 2.24) is 0 Å². The SMILES string of the molecule is COC(=O)[C@H]1CCCN(c2cccc(F)c2C#N)C1. The number of hydrogen-bond acceptors (Lipinski definition) is 4. The minimum Gasteiger partial charge on any atom is -0.469 e. The Labute approximate surface area is 111 Å². The summed E-state index contributed by atoms with van der Waals surface area (Å²) in [6.07, 6.45) is 1.58. The van der Waals surface area contributed by atoms with Gasteiger partial charge in [-0.15, -0.1) is 0 Å². The van der Waals surface area contributed by atoms with Crippen molar-refractivity contribution in [3.63, 3.8) is 0 Å². The average molecular weight is 262 g/mol. The number of esters is 1. The number of carbonyl (C=O) groups excluding carboxylic acids is 1. The van der Waals surface area contributed by atoms with Crippen LogP contribution >= 0.6 is 0 Å². The van der Waals surface area contributed by atoms with Crippen LogP contribution in [-0.2, 0) is 9.53 Å². The van der Waals surface area contributed by atoms with E-state index in [9.17, 15) is 9.18 Å². The van der Waals surface area contributed by atoms with Crippen LogP contribution in [0.15, 0.2) is 18.2 Å². The Morgan fingerprint density at radius 3 is 3.05 bits per heavy atom. The highest BCUT2D eigenvalue weighted by atomic mass is 19.1. The summed E-state index contributed by atoms with van der Waals surface area (Å²) < 4.78 is 18.3. The number of anilines is 1. The lowest BCUT2D eigenvalue weighted by Crippen LogP contribution is -2.39. The van der Waals surface area contributed by atoms with Crippen molar-refractivity contribution in [1.29, 1.82) is 5.26 Å². The van der Waals surface area contributed by atoms with E-state index in [1.54, 1.807) is 12.1 Å². The number of ether oxygens (including phenoxy) is 1. The molecular formula is C14H15FN2O2. The summed E-state index contributed by atoms with van der Waals surface area (Å²) in [6, 6.07) is 6.44. The van der Waals surface area contributed by atoms with Crippen LogP contribution in [0.4, 0.5) is 10.1 Å². The molecule has 0 aromatic heterocycles. The summed E-state index contributed by atoms with van der Waals surface area (Å²) in [5, 5.41) is 9.04. The first-order chi connectivity index (χ1) is 9.17. The number of halogens is 1. The molecule has 1 aromatic carbocycles. The van der Waals surface area contributed by atoms with Crippen LogP contribution < -0.4 is 4.90 Å². The zero-order chi connectivity index (χ0) is 13.8. The van der Waals surface area contributed by atoms with Gasteiger partial charge in [-0.2, -0.15) is 5.26 Å². The Balaban J connectivity index is 2.25. The zero-order valence-electron chi connectivity index (χ0n) is 10.7. The van der Waals surface area contributed by atoms with Gasteiger partial charge in [0.05, 0.1) is 18.7 Å². The van der Waals surface area contributed by atoms with E-state index in [4.69, 9.17) is 10.00 Å². The second kappa shape index (κ2) is 5.70. The fourth-order valence-corrected chi connectivity index (χ4v) is 2.44. The van der Waals surface area contributed by atoms with Gasteiger partial charge in [-0.1, -0.05) is 6.07 Å². The molecule has 0 aliphatic carbocycles. The van der Waals surface area contributed by atoms with Crippen LogP contribution in [0.3, 0.4) is 0 Å². The molecule has 1 saturated heterocycles. The maximum atomic E-state index is 13.6. The highest BCUT2D eigenvalue weighted by molar-refractivity contribution is 5.74. The van der Waals surface area contributed by atoms with Gasteiger partial charge < -0.3 is 9.64 Å². The van der Waals surface area contributed by atoms with Gasteiger partial charge in [-0.3, -0.25) is 4.79 Å². The molecule has 0 N–H and O–H groups in total. The average Bonchev–Trinajstić information content (AvgIpc) is 2.46. The summed E-state index contributed by atoms with van der Waals surface area (Å²) >= 11 is 0. The summed E-state index contributed by atoms with van der Waals surface area (Å²) in [5.41, 5.74) is 0.587. The van der Waals surface area contributed by atoms with E-state index in [2.05, 4.69) is 0 Å². The third-order valence-corrected chi connectivity index (χ3v) is 3.40. The number of methoxy groups -OCH3 is 1. The number of carbonyl (C=O) groups is 1. The van der Waals surface area contributed by atoms with Gasteiger partial charge in [0.25, 0.3) is 0 Å². The fourth-order valence-electron chi connectivity index (χ4n) is 2.44. The van der Waals surface area contributed by atoms with E-state index in [0.29, 0.717) is 18.8 Å². The fraction of sp³-hybridized carbons (Fsp3) is 0.429. The van der Waals surface area contributed by atoms with E-state index in [-0.39, 0.29) is 17.5 Å². The van der Waals surface area contributed by atoms with Gasteiger partial charge in [0.15, 0.2) is 0 Å². The first-order valence-corrected chi connectivity index (χ1v) is 6.18. The molecule has 0 unspecified atom stereocenters. The van der Waals surface area contributed by atoms with E-state index >= 15 is 0 Å². The lowest BCUT2D eigenvalue weighted by atomic mass is 9.97. The molecule has 1 fully saturated rings. The molecule has 19 heavy (non-hydrogen) atoms. The Hall–Kier alpha value is -2.09. The molecule has 0 radical (unpaired) electrons. The highest BCUT2D eigenvalue weighted by Crippen LogP contribution is 2.27. The molecule has 0 bridgehead atoms. The Kier molecular flexibility index (Phi) is 4.00. The molecule has 5 heteroatoms. The van der Waals surface area contributed by atoms with Gasteiger partial charge in [-0.05, 0) is 25.0 Å². The van der Waals surface area contributed by atoms with Crippen LogP contribution in [0.2, 0.25) is 0 Å². The molecule has 0 spiro atoms. The molecule has 0 amide bonds. The van der Waals surface area contributed by atoms with E-state index in [1.165, 1.54) is 13.2 Å². The summed E-state index contributed by atoms with van der Waals surface area (Å²) in [7, 11) is 1.37. The van der Waals surface area contributed by atoms with E-state index in [1.807, 2.05) is 11.0 Å². The Morgan fingerprint density at radius 1 is 1.58 bits per heavy atom. The first-order valence-electron chi connectivity index (χ1n) is 6.18. The van der Waals surface area contributed by atoms with Gasteiger partial charge in [0.2, 0.25) is 0 Å². The van der Waals surface area contributed by atoms with Crippen molar-refractivity contribution in [2.45, 2.75) is 12.8 Å². The van der Waals surface area contributed by atoms with Gasteiger partial charge in [0.1, 0.15) is 17.4 Å². The first kappa shape index (κ1) is 13.3. The summed E-state index contributed by atoms with van der Waals surface area (Å²) in [5.74, 6) is -0.992. The third-order valence-electron chi connectivity index (χ3n) is 3.40. The van der Waals surface area contributed by atoms with E-state index < -0.39 is 5.82 Å². The Bertz CT molecular complexity index is 525. The van der Waals surface area contributed by atoms with Crippen LogP contribution in [0.1, 0.15) is 18.4 Å². The van der Waals surface area contributed by atoms with E-state index in [0.717, 1.165) is 12.8 Å². The third kappa shape index (κ3) is 2.68. The molecular weight excluding hydrogens is 247 g/mol. The molecule has 4 nitrogen and oxygen atoms in total. The van der Waals surface area contributed by atoms with Gasteiger partial charge >= 0.3 is 5.97 Å². The molecule has 1 heterocycles. The Morgan fingerprint density at radius 2 is 2.37 bits per heavy atom. The van der Waals surface area contributed by atoms with Crippen molar-refractivity contribution >= 4 is 11.7 Å². The van der Waals surface area contributed by atoms with Crippen LogP contribution in [0.5, 0.6) is 0 Å². The number of nitriles is 1. The minimum absolute atomic E-state index is 0.0352. The number of benzene rings is 1. The number of hydrogen-bond donors (Lipinski definition) is 0. The highest BCUT2D eigenvalue weighted by Gasteiger charge is 2.28. The summed E-state index contributed by atoms with van der Waals surface area (Å²) in [6.45, 7) is 1.18. The smallest absolute Gasteiger partial charge is 0.310 e. The molecule has 1 aliphatic heterocycles. The standard InChI is InChI=1S/C14H15FN2O2/c1-19-14(18)10-4-3-7-17(9-10)13-6-2-5-12(15)11(13)8-16/h2,5-6,10H,3-4,7,9H2,1H3/t10-/m0/s1. The molecule has 1 atom stereocenters. The molecule has 2 rings (SSSR count). The lowest BCUT2D eigenvalue weighted by molar-refractivity contribution is -0.145. The van der Waals surface area contributed by atoms with Gasteiger partial charge in [-0.25, -0.2) is 4.39 Å². The van der Waals surface area contributed by atoms with Crippen LogP contribution in [0, 0.1) is 23.1 Å². The molecule has 0 saturated carbocycles. The molecule has 1 aromatic rings. The van der Waals surface area contributed by atoms with Crippen molar-refractivity contribution in [2.75, 3.05) is 25.1 Å². The topological polar surface area (TPSA) is 53.3 Å². The zero-order valence-corrected chi connectivity index (χ0v) is 10.7. The quantitative estimate of drug-likeness (QED) is 0.766. The second-order valence-electron chi connectivity index (χ2n) is 4.55. The molecule has 100 valence electrons. The normalized spacial score (nSPS) is 18.8. The number of nitrogens with zero attached hydrogens (tertiary/aromatic N) is 2. The largest absolute Gasteiger partial charge is 0.469 e. The van der Waals surface area contributed by atoms with Crippen molar-refractivity contribution in [3.8, 4) is 6.07 Å².